The molecule has 0 atom stereocenters. The zero-order valence-electron chi connectivity index (χ0n) is 12.8. The first-order chi connectivity index (χ1) is 11.2. The van der Waals surface area contributed by atoms with E-state index in [0.717, 1.165) is 15.5 Å². The highest BCUT2D eigenvalue weighted by Gasteiger charge is 2.23. The Morgan fingerprint density at radius 1 is 1.04 bits per heavy atom. The highest BCUT2D eigenvalue weighted by atomic mass is 32.1. The minimum Gasteiger partial charge on any atom is -0.462 e. The first kappa shape index (κ1) is 15.4. The Balaban J connectivity index is 2.26. The molecule has 3 aromatic rings. The Labute approximate surface area is 136 Å². The molecule has 0 aliphatic rings. The van der Waals surface area contributed by atoms with Gasteiger partial charge in [-0.1, -0.05) is 18.2 Å². The fourth-order valence-electron chi connectivity index (χ4n) is 2.37. The van der Waals surface area contributed by atoms with Gasteiger partial charge >= 0.3 is 11.9 Å². The normalized spacial score (nSPS) is 10.9. The van der Waals surface area contributed by atoms with Crippen LogP contribution in [0.15, 0.2) is 30.3 Å². The van der Waals surface area contributed by atoms with E-state index in [9.17, 15) is 9.59 Å². The van der Waals surface area contributed by atoms with E-state index in [0.29, 0.717) is 4.83 Å². The molecule has 2 heterocycles. The van der Waals surface area contributed by atoms with Crippen LogP contribution in [0.1, 0.15) is 34.7 Å². The number of rotatable bonds is 4. The van der Waals surface area contributed by atoms with E-state index >= 15 is 0 Å². The maximum atomic E-state index is 12.2. The molecule has 3 rings (SSSR count). The maximum Gasteiger partial charge on any atom is 0.357 e. The molecule has 5 nitrogen and oxygen atoms in total. The predicted molar refractivity (Wildman–Crippen MR) is 89.0 cm³/mol. The van der Waals surface area contributed by atoms with Crippen LogP contribution in [-0.2, 0) is 9.47 Å². The lowest BCUT2D eigenvalue weighted by molar-refractivity contribution is 0.0474. The van der Waals surface area contributed by atoms with Crippen molar-refractivity contribution in [1.82, 2.24) is 4.98 Å². The number of ether oxygens (including phenoxy) is 2. The fraction of sp³-hybridized carbons (Fsp3) is 0.235. The molecule has 23 heavy (non-hydrogen) atoms. The SMILES string of the molecule is CCOC(=O)c1cc2c(nc1C(=O)OCC)sc1ccccc12. The van der Waals surface area contributed by atoms with Gasteiger partial charge in [0.2, 0.25) is 0 Å². The molecule has 1 aromatic carbocycles. The van der Waals surface area contributed by atoms with E-state index in [-0.39, 0.29) is 24.5 Å². The largest absolute Gasteiger partial charge is 0.462 e. The van der Waals surface area contributed by atoms with Gasteiger partial charge in [-0.2, -0.15) is 0 Å². The Morgan fingerprint density at radius 2 is 1.74 bits per heavy atom. The van der Waals surface area contributed by atoms with Gasteiger partial charge in [-0.25, -0.2) is 14.6 Å². The first-order valence-electron chi connectivity index (χ1n) is 7.32. The van der Waals surface area contributed by atoms with Crippen LogP contribution in [0.4, 0.5) is 0 Å². The van der Waals surface area contributed by atoms with Gasteiger partial charge in [0, 0.05) is 15.5 Å². The summed E-state index contributed by atoms with van der Waals surface area (Å²) in [5.74, 6) is -1.19. The fourth-order valence-corrected chi connectivity index (χ4v) is 3.43. The van der Waals surface area contributed by atoms with E-state index < -0.39 is 11.9 Å². The van der Waals surface area contributed by atoms with Crippen LogP contribution in [0.3, 0.4) is 0 Å². The number of carbonyl (C=O) groups excluding carboxylic acids is 2. The second kappa shape index (κ2) is 6.34. The van der Waals surface area contributed by atoms with Gasteiger partial charge in [0.25, 0.3) is 0 Å². The van der Waals surface area contributed by atoms with Crippen molar-refractivity contribution in [2.45, 2.75) is 13.8 Å². The number of benzene rings is 1. The molecule has 0 aliphatic heterocycles. The summed E-state index contributed by atoms with van der Waals surface area (Å²) in [6.45, 7) is 3.87. The number of nitrogens with zero attached hydrogens (tertiary/aromatic N) is 1. The summed E-state index contributed by atoms with van der Waals surface area (Å²) < 4.78 is 11.1. The Hall–Kier alpha value is -2.47. The van der Waals surface area contributed by atoms with Crippen molar-refractivity contribution in [3.63, 3.8) is 0 Å². The van der Waals surface area contributed by atoms with Gasteiger partial charge < -0.3 is 9.47 Å². The minimum atomic E-state index is -0.616. The second-order valence-corrected chi connectivity index (χ2v) is 5.81. The summed E-state index contributed by atoms with van der Waals surface area (Å²) in [5.41, 5.74) is 0.144. The molecule has 0 aliphatic carbocycles. The summed E-state index contributed by atoms with van der Waals surface area (Å²) in [5, 5.41) is 1.84. The van der Waals surface area contributed by atoms with Crippen molar-refractivity contribution in [1.29, 1.82) is 0 Å². The monoisotopic (exact) mass is 329 g/mol. The van der Waals surface area contributed by atoms with Crippen LogP contribution >= 0.6 is 11.3 Å². The summed E-state index contributed by atoms with van der Waals surface area (Å²) >= 11 is 1.47. The molecule has 0 N–H and O–H groups in total. The predicted octanol–water partition coefficient (Wildman–Crippen LogP) is 3.80. The first-order valence-corrected chi connectivity index (χ1v) is 8.13. The number of thiophene rings is 1. The van der Waals surface area contributed by atoms with Gasteiger partial charge in [0.1, 0.15) is 4.83 Å². The third kappa shape index (κ3) is 2.77. The van der Waals surface area contributed by atoms with Crippen molar-refractivity contribution in [2.24, 2.45) is 0 Å². The summed E-state index contributed by atoms with van der Waals surface area (Å²) in [4.78, 5) is 29.4. The Kier molecular flexibility index (Phi) is 4.25. The smallest absolute Gasteiger partial charge is 0.357 e. The average Bonchev–Trinajstić information content (AvgIpc) is 2.91. The van der Waals surface area contributed by atoms with E-state index in [1.165, 1.54) is 11.3 Å². The molecule has 118 valence electrons. The van der Waals surface area contributed by atoms with Gasteiger partial charge in [0.15, 0.2) is 5.69 Å². The molecular formula is C17H15NO4S. The summed E-state index contributed by atoms with van der Waals surface area (Å²) in [7, 11) is 0. The highest BCUT2D eigenvalue weighted by molar-refractivity contribution is 7.25. The van der Waals surface area contributed by atoms with Crippen LogP contribution in [0.2, 0.25) is 0 Å². The third-order valence-corrected chi connectivity index (χ3v) is 4.42. The van der Waals surface area contributed by atoms with Crippen LogP contribution in [0, 0.1) is 0 Å². The lowest BCUT2D eigenvalue weighted by Gasteiger charge is -2.08. The number of hydrogen-bond acceptors (Lipinski definition) is 6. The topological polar surface area (TPSA) is 65.5 Å². The zero-order chi connectivity index (χ0) is 16.4. The number of pyridine rings is 1. The van der Waals surface area contributed by atoms with Crippen LogP contribution < -0.4 is 0 Å². The van der Waals surface area contributed by atoms with E-state index in [2.05, 4.69) is 4.98 Å². The van der Waals surface area contributed by atoms with Crippen molar-refractivity contribution in [3.05, 3.63) is 41.6 Å². The molecule has 6 heteroatoms. The Bertz CT molecular complexity index is 900. The minimum absolute atomic E-state index is 0.00403. The van der Waals surface area contributed by atoms with Crippen LogP contribution in [-0.4, -0.2) is 30.1 Å². The number of aromatic nitrogens is 1. The molecule has 0 fully saturated rings. The summed E-state index contributed by atoms with van der Waals surface area (Å²) in [6, 6.07) is 9.49. The number of hydrogen-bond donors (Lipinski definition) is 0. The number of esters is 2. The number of carbonyl (C=O) groups is 2. The van der Waals surface area contributed by atoms with Crippen molar-refractivity contribution in [2.75, 3.05) is 13.2 Å². The molecule has 0 unspecified atom stereocenters. The molecule has 0 bridgehead atoms. The lowest BCUT2D eigenvalue weighted by atomic mass is 10.1. The van der Waals surface area contributed by atoms with Crippen molar-refractivity contribution >= 4 is 43.6 Å². The van der Waals surface area contributed by atoms with E-state index in [1.807, 2.05) is 24.3 Å². The summed E-state index contributed by atoms with van der Waals surface area (Å²) in [6.07, 6.45) is 0. The third-order valence-electron chi connectivity index (χ3n) is 3.34. The molecule has 0 radical (unpaired) electrons. The van der Waals surface area contributed by atoms with Crippen molar-refractivity contribution < 1.29 is 19.1 Å². The van der Waals surface area contributed by atoms with Gasteiger partial charge in [-0.3, -0.25) is 0 Å². The molecule has 0 amide bonds. The average molecular weight is 329 g/mol. The lowest BCUT2D eigenvalue weighted by Crippen LogP contribution is -2.15. The van der Waals surface area contributed by atoms with Crippen LogP contribution in [0.5, 0.6) is 0 Å². The molecular weight excluding hydrogens is 314 g/mol. The standard InChI is InChI=1S/C17H15NO4S/c1-3-21-16(19)12-9-11-10-7-5-6-8-13(10)23-15(11)18-14(12)17(20)22-4-2/h5-9H,3-4H2,1-2H3. The number of fused-ring (bicyclic) bond motifs is 3. The highest BCUT2D eigenvalue weighted by Crippen LogP contribution is 2.33. The van der Waals surface area contributed by atoms with Gasteiger partial charge in [0.05, 0.1) is 18.8 Å². The van der Waals surface area contributed by atoms with E-state index in [4.69, 9.17) is 9.47 Å². The second-order valence-electron chi connectivity index (χ2n) is 4.78. The van der Waals surface area contributed by atoms with Crippen molar-refractivity contribution in [3.8, 4) is 0 Å². The zero-order valence-corrected chi connectivity index (χ0v) is 13.6. The molecule has 0 saturated carbocycles. The maximum absolute atomic E-state index is 12.2. The van der Waals surface area contributed by atoms with Gasteiger partial charge in [-0.15, -0.1) is 11.3 Å². The van der Waals surface area contributed by atoms with Gasteiger partial charge in [-0.05, 0) is 26.0 Å². The molecule has 0 spiro atoms. The van der Waals surface area contributed by atoms with E-state index in [1.54, 1.807) is 19.9 Å². The quantitative estimate of drug-likeness (QED) is 0.681. The molecule has 2 aromatic heterocycles. The molecule has 0 saturated heterocycles. The Morgan fingerprint density at radius 3 is 2.48 bits per heavy atom. The van der Waals surface area contributed by atoms with Crippen LogP contribution in [0.25, 0.3) is 20.3 Å².